The van der Waals surface area contributed by atoms with Gasteiger partial charge in [0.15, 0.2) is 11.5 Å². The zero-order valence-electron chi connectivity index (χ0n) is 26.3. The second-order valence-electron chi connectivity index (χ2n) is 12.9. The molecular weight excluding hydrogens is 502 g/mol. The lowest BCUT2D eigenvalue weighted by molar-refractivity contribution is -0.116. The SMILES string of the molecule is CCCC(C)Oc1cc(C=CC(=O)NCc2cc(C(C)(C)C)c(O)c(C(C)(C)C)c2)cc(OC(C)CCC)c1O. The minimum Gasteiger partial charge on any atom is -0.507 e. The van der Waals surface area contributed by atoms with E-state index in [-0.39, 0.29) is 34.7 Å². The lowest BCUT2D eigenvalue weighted by Gasteiger charge is -2.28. The van der Waals surface area contributed by atoms with Crippen molar-refractivity contribution in [1.29, 1.82) is 0 Å². The predicted octanol–water partition coefficient (Wildman–Crippen LogP) is 8.16. The number of rotatable bonds is 12. The minimum absolute atomic E-state index is 0.0239. The summed E-state index contributed by atoms with van der Waals surface area (Å²) in [5.41, 5.74) is 2.86. The minimum atomic E-state index is -0.251. The molecule has 3 N–H and O–H groups in total. The number of carbonyl (C=O) groups excluding carboxylic acids is 1. The van der Waals surface area contributed by atoms with Gasteiger partial charge in [0.1, 0.15) is 5.75 Å². The lowest BCUT2D eigenvalue weighted by atomic mass is 9.78. The average molecular weight is 554 g/mol. The number of benzene rings is 2. The maximum atomic E-state index is 12.8. The van der Waals surface area contributed by atoms with Crippen LogP contribution in [0, 0.1) is 0 Å². The number of amides is 1. The van der Waals surface area contributed by atoms with E-state index in [9.17, 15) is 15.0 Å². The maximum Gasteiger partial charge on any atom is 0.244 e. The molecule has 0 fully saturated rings. The standard InChI is InChI=1S/C34H51NO5/c1-11-13-22(3)39-28-19-24(20-29(32(28)38)40-23(4)14-12-2)15-16-30(36)35-21-25-17-26(33(5,6)7)31(37)27(18-25)34(8,9)10/h15-20,22-23,37-38H,11-14,21H2,1-10H3,(H,35,36). The maximum absolute atomic E-state index is 12.8. The highest BCUT2D eigenvalue weighted by molar-refractivity contribution is 5.91. The van der Waals surface area contributed by atoms with Gasteiger partial charge >= 0.3 is 0 Å². The summed E-state index contributed by atoms with van der Waals surface area (Å²) in [6.07, 6.45) is 6.68. The van der Waals surface area contributed by atoms with Gasteiger partial charge in [-0.3, -0.25) is 4.79 Å². The summed E-state index contributed by atoms with van der Waals surface area (Å²) in [7, 11) is 0. The summed E-state index contributed by atoms with van der Waals surface area (Å²) >= 11 is 0. The molecule has 0 heterocycles. The Morgan fingerprint density at radius 2 is 1.27 bits per heavy atom. The molecule has 0 bridgehead atoms. The van der Waals surface area contributed by atoms with Crippen molar-refractivity contribution in [3.05, 3.63) is 52.6 Å². The van der Waals surface area contributed by atoms with Gasteiger partial charge in [-0.25, -0.2) is 0 Å². The van der Waals surface area contributed by atoms with E-state index in [1.54, 1.807) is 18.2 Å². The van der Waals surface area contributed by atoms with E-state index < -0.39 is 0 Å². The van der Waals surface area contributed by atoms with Gasteiger partial charge in [0, 0.05) is 12.6 Å². The molecule has 0 spiro atoms. The highest BCUT2D eigenvalue weighted by atomic mass is 16.5. The molecule has 2 aromatic rings. The summed E-state index contributed by atoms with van der Waals surface area (Å²) in [4.78, 5) is 12.8. The van der Waals surface area contributed by atoms with Gasteiger partial charge in [0.25, 0.3) is 0 Å². The smallest absolute Gasteiger partial charge is 0.244 e. The van der Waals surface area contributed by atoms with Crippen molar-refractivity contribution < 1.29 is 24.5 Å². The molecule has 6 nitrogen and oxygen atoms in total. The summed E-state index contributed by atoms with van der Waals surface area (Å²) in [5.74, 6) is 0.731. The number of hydrogen-bond acceptors (Lipinski definition) is 5. The van der Waals surface area contributed by atoms with E-state index in [1.165, 1.54) is 6.08 Å². The third-order valence-corrected chi connectivity index (χ3v) is 6.79. The van der Waals surface area contributed by atoms with Gasteiger partial charge < -0.3 is 25.0 Å². The number of phenolic OH excluding ortho intramolecular Hbond substituents is 2. The van der Waals surface area contributed by atoms with E-state index in [0.717, 1.165) is 42.4 Å². The number of carbonyl (C=O) groups is 1. The molecule has 0 aliphatic rings. The molecule has 222 valence electrons. The fraction of sp³-hybridized carbons (Fsp3) is 0.559. The van der Waals surface area contributed by atoms with Crippen LogP contribution in [0.15, 0.2) is 30.3 Å². The number of nitrogens with one attached hydrogen (secondary N) is 1. The monoisotopic (exact) mass is 553 g/mol. The van der Waals surface area contributed by atoms with Crippen LogP contribution in [0.2, 0.25) is 0 Å². The normalized spacial score (nSPS) is 13.8. The first-order chi connectivity index (χ1) is 18.6. The van der Waals surface area contributed by atoms with Crippen molar-refractivity contribution in [3.63, 3.8) is 0 Å². The van der Waals surface area contributed by atoms with Crippen LogP contribution in [0.25, 0.3) is 6.08 Å². The molecule has 2 unspecified atom stereocenters. The third-order valence-electron chi connectivity index (χ3n) is 6.79. The Labute approximate surface area is 241 Å². The van der Waals surface area contributed by atoms with Gasteiger partial charge in [-0.2, -0.15) is 0 Å². The van der Waals surface area contributed by atoms with E-state index in [4.69, 9.17) is 9.47 Å². The van der Waals surface area contributed by atoms with Gasteiger partial charge in [-0.1, -0.05) is 68.2 Å². The van der Waals surface area contributed by atoms with Crippen LogP contribution in [-0.4, -0.2) is 28.3 Å². The van der Waals surface area contributed by atoms with Crippen molar-refractivity contribution in [3.8, 4) is 23.0 Å². The van der Waals surface area contributed by atoms with Gasteiger partial charge in [-0.15, -0.1) is 0 Å². The molecule has 0 aliphatic carbocycles. The predicted molar refractivity (Wildman–Crippen MR) is 164 cm³/mol. The summed E-state index contributed by atoms with van der Waals surface area (Å²) in [6.45, 7) is 20.9. The zero-order chi connectivity index (χ0) is 30.3. The molecule has 1 amide bonds. The molecule has 0 radical (unpaired) electrons. The second-order valence-corrected chi connectivity index (χ2v) is 12.9. The Kier molecular flexibility index (Phi) is 11.5. The van der Waals surface area contributed by atoms with Gasteiger partial charge in [-0.05, 0) is 90.1 Å². The fourth-order valence-electron chi connectivity index (χ4n) is 4.60. The van der Waals surface area contributed by atoms with Gasteiger partial charge in [0.05, 0.1) is 12.2 Å². The molecule has 0 aromatic heterocycles. The van der Waals surface area contributed by atoms with Crippen LogP contribution in [-0.2, 0) is 22.2 Å². The highest BCUT2D eigenvalue weighted by Crippen LogP contribution is 2.41. The topological polar surface area (TPSA) is 88.0 Å². The summed E-state index contributed by atoms with van der Waals surface area (Å²) in [6, 6.07) is 7.40. The Balaban J connectivity index is 2.29. The molecule has 0 aliphatic heterocycles. The second kappa shape index (κ2) is 14.0. The number of phenols is 2. The largest absolute Gasteiger partial charge is 0.507 e. The average Bonchev–Trinajstić information content (AvgIpc) is 2.83. The van der Waals surface area contributed by atoms with Crippen LogP contribution in [0.4, 0.5) is 0 Å². The Morgan fingerprint density at radius 1 is 0.825 bits per heavy atom. The van der Waals surface area contributed by atoms with Crippen LogP contribution in [0.5, 0.6) is 23.0 Å². The molecule has 2 atom stereocenters. The van der Waals surface area contributed by atoms with Gasteiger partial charge in [0.2, 0.25) is 11.7 Å². The summed E-state index contributed by atoms with van der Waals surface area (Å²) in [5, 5.41) is 24.8. The molecule has 0 saturated heterocycles. The van der Waals surface area contributed by atoms with Crippen molar-refractivity contribution >= 4 is 12.0 Å². The van der Waals surface area contributed by atoms with E-state index in [0.29, 0.717) is 29.4 Å². The molecule has 2 aromatic carbocycles. The Morgan fingerprint density at radius 3 is 1.68 bits per heavy atom. The fourth-order valence-corrected chi connectivity index (χ4v) is 4.60. The molecule has 40 heavy (non-hydrogen) atoms. The van der Waals surface area contributed by atoms with Crippen LogP contribution < -0.4 is 14.8 Å². The number of ether oxygens (including phenoxy) is 2. The van der Waals surface area contributed by atoms with Crippen molar-refractivity contribution in [2.75, 3.05) is 0 Å². The van der Waals surface area contributed by atoms with Crippen LogP contribution >= 0.6 is 0 Å². The first kappa shape index (κ1) is 33.1. The highest BCUT2D eigenvalue weighted by Gasteiger charge is 2.26. The molecule has 2 rings (SSSR count). The molecule has 0 saturated carbocycles. The zero-order valence-corrected chi connectivity index (χ0v) is 26.3. The molecule has 6 heteroatoms. The first-order valence-corrected chi connectivity index (χ1v) is 14.6. The van der Waals surface area contributed by atoms with E-state index in [2.05, 4.69) is 60.7 Å². The number of hydrogen-bond donors (Lipinski definition) is 3. The molecular formula is C34H51NO5. The van der Waals surface area contributed by atoms with Crippen molar-refractivity contribution in [2.45, 2.75) is 125 Å². The third kappa shape index (κ3) is 9.50. The van der Waals surface area contributed by atoms with Crippen LogP contribution in [0.3, 0.4) is 0 Å². The van der Waals surface area contributed by atoms with Crippen molar-refractivity contribution in [1.82, 2.24) is 5.32 Å². The van der Waals surface area contributed by atoms with Crippen molar-refractivity contribution in [2.24, 2.45) is 0 Å². The summed E-state index contributed by atoms with van der Waals surface area (Å²) < 4.78 is 12.0. The van der Waals surface area contributed by atoms with E-state index >= 15 is 0 Å². The first-order valence-electron chi connectivity index (χ1n) is 14.6. The Bertz CT molecular complexity index is 1100. The number of aromatic hydroxyl groups is 2. The quantitative estimate of drug-likeness (QED) is 0.231. The lowest BCUT2D eigenvalue weighted by Crippen LogP contribution is -2.22. The Hall–Kier alpha value is -3.15. The van der Waals surface area contributed by atoms with Crippen LogP contribution in [0.1, 0.15) is 117 Å². The van der Waals surface area contributed by atoms with E-state index in [1.807, 2.05) is 26.0 Å².